The van der Waals surface area contributed by atoms with E-state index >= 15 is 0 Å². The molecule has 1 heterocycles. The van der Waals surface area contributed by atoms with E-state index in [2.05, 4.69) is 29.6 Å². The molecular weight excluding hydrogens is 202 g/mol. The predicted molar refractivity (Wildman–Crippen MR) is 66.4 cm³/mol. The van der Waals surface area contributed by atoms with Gasteiger partial charge in [-0.3, -0.25) is 4.79 Å². The first kappa shape index (κ1) is 13.5. The molecule has 4 heteroatoms. The Bertz CT molecular complexity index is 200. The van der Waals surface area contributed by atoms with Crippen molar-refractivity contribution in [2.24, 2.45) is 0 Å². The Morgan fingerprint density at radius 1 is 1.38 bits per heavy atom. The van der Waals surface area contributed by atoms with Crippen molar-refractivity contribution in [2.45, 2.75) is 38.1 Å². The maximum absolute atomic E-state index is 11.7. The number of amides is 1. The van der Waals surface area contributed by atoms with Gasteiger partial charge in [0.25, 0.3) is 0 Å². The van der Waals surface area contributed by atoms with Gasteiger partial charge in [0, 0.05) is 6.54 Å². The molecule has 16 heavy (non-hydrogen) atoms. The molecule has 1 aliphatic heterocycles. The number of piperidine rings is 1. The molecule has 1 unspecified atom stereocenters. The fourth-order valence-electron chi connectivity index (χ4n) is 1.96. The van der Waals surface area contributed by atoms with Gasteiger partial charge in [0.15, 0.2) is 0 Å². The molecule has 1 saturated heterocycles. The maximum atomic E-state index is 11.7. The topological polar surface area (TPSA) is 44.4 Å². The average Bonchev–Trinajstić information content (AvgIpc) is 2.29. The van der Waals surface area contributed by atoms with E-state index in [1.165, 1.54) is 12.8 Å². The van der Waals surface area contributed by atoms with Crippen LogP contribution in [0.4, 0.5) is 0 Å². The van der Waals surface area contributed by atoms with Gasteiger partial charge in [0.05, 0.1) is 6.04 Å². The Balaban J connectivity index is 2.01. The molecule has 0 bridgehead atoms. The monoisotopic (exact) mass is 227 g/mol. The second kappa shape index (κ2) is 7.63. The fraction of sp³-hybridized carbons (Fsp3) is 0.917. The molecule has 1 amide bonds. The van der Waals surface area contributed by atoms with E-state index in [-0.39, 0.29) is 11.9 Å². The van der Waals surface area contributed by atoms with E-state index in [0.717, 1.165) is 38.9 Å². The highest BCUT2D eigenvalue weighted by atomic mass is 16.2. The predicted octanol–water partition coefficient (Wildman–Crippen LogP) is 0.587. The minimum atomic E-state index is 0.0580. The largest absolute Gasteiger partial charge is 0.355 e. The number of hydrogen-bond donors (Lipinski definition) is 2. The Labute approximate surface area is 98.8 Å². The van der Waals surface area contributed by atoms with Crippen LogP contribution >= 0.6 is 0 Å². The van der Waals surface area contributed by atoms with Crippen molar-refractivity contribution in [1.82, 2.24) is 15.5 Å². The molecule has 0 radical (unpaired) electrons. The van der Waals surface area contributed by atoms with Crippen molar-refractivity contribution in [3.8, 4) is 0 Å². The normalized spacial score (nSPS) is 21.1. The van der Waals surface area contributed by atoms with Crippen LogP contribution in [0.5, 0.6) is 0 Å². The molecule has 0 spiro atoms. The molecule has 0 aromatic heterocycles. The zero-order chi connectivity index (χ0) is 11.8. The van der Waals surface area contributed by atoms with E-state index in [4.69, 9.17) is 0 Å². The lowest BCUT2D eigenvalue weighted by atomic mass is 10.0. The standard InChI is InChI=1S/C12H25N3O/c1-15(2)10-6-5-9-14-12(16)11-7-3-4-8-13-11/h11,13H,3-10H2,1-2H3,(H,14,16). The summed E-state index contributed by atoms with van der Waals surface area (Å²) in [5, 5.41) is 6.26. The van der Waals surface area contributed by atoms with Crippen molar-refractivity contribution in [3.05, 3.63) is 0 Å². The van der Waals surface area contributed by atoms with E-state index < -0.39 is 0 Å². The molecule has 2 N–H and O–H groups in total. The van der Waals surface area contributed by atoms with Crippen LogP contribution in [0.15, 0.2) is 0 Å². The third-order valence-corrected chi connectivity index (χ3v) is 2.96. The van der Waals surface area contributed by atoms with Crippen molar-refractivity contribution in [1.29, 1.82) is 0 Å². The minimum Gasteiger partial charge on any atom is -0.355 e. The summed E-state index contributed by atoms with van der Waals surface area (Å²) >= 11 is 0. The molecule has 94 valence electrons. The van der Waals surface area contributed by atoms with E-state index in [0.29, 0.717) is 0 Å². The Kier molecular flexibility index (Phi) is 6.42. The first-order valence-corrected chi connectivity index (χ1v) is 6.36. The molecule has 0 aromatic rings. The summed E-state index contributed by atoms with van der Waals surface area (Å²) in [4.78, 5) is 13.9. The zero-order valence-corrected chi connectivity index (χ0v) is 10.6. The van der Waals surface area contributed by atoms with Gasteiger partial charge in [-0.25, -0.2) is 0 Å². The summed E-state index contributed by atoms with van der Waals surface area (Å²) in [7, 11) is 4.15. The summed E-state index contributed by atoms with van der Waals surface area (Å²) in [6.07, 6.45) is 5.57. The second-order valence-corrected chi connectivity index (χ2v) is 4.80. The lowest BCUT2D eigenvalue weighted by Gasteiger charge is -2.22. The summed E-state index contributed by atoms with van der Waals surface area (Å²) in [6, 6.07) is 0.0580. The maximum Gasteiger partial charge on any atom is 0.237 e. The average molecular weight is 227 g/mol. The van der Waals surface area contributed by atoms with E-state index in [1.807, 2.05) is 0 Å². The lowest BCUT2D eigenvalue weighted by molar-refractivity contribution is -0.123. The highest BCUT2D eigenvalue weighted by molar-refractivity contribution is 5.81. The number of rotatable bonds is 6. The van der Waals surface area contributed by atoms with Crippen LogP contribution in [0.25, 0.3) is 0 Å². The number of carbonyl (C=O) groups is 1. The molecule has 1 aliphatic rings. The Morgan fingerprint density at radius 2 is 2.19 bits per heavy atom. The molecule has 1 atom stereocenters. The van der Waals surface area contributed by atoms with Gasteiger partial charge in [-0.05, 0) is 52.9 Å². The van der Waals surface area contributed by atoms with Crippen LogP contribution in [-0.2, 0) is 4.79 Å². The van der Waals surface area contributed by atoms with Gasteiger partial charge in [0.1, 0.15) is 0 Å². The van der Waals surface area contributed by atoms with Crippen LogP contribution in [0.3, 0.4) is 0 Å². The number of nitrogens with zero attached hydrogens (tertiary/aromatic N) is 1. The van der Waals surface area contributed by atoms with Gasteiger partial charge in [-0.1, -0.05) is 6.42 Å². The molecule has 1 fully saturated rings. The second-order valence-electron chi connectivity index (χ2n) is 4.80. The summed E-state index contributed by atoms with van der Waals surface area (Å²) in [6.45, 7) is 2.89. The zero-order valence-electron chi connectivity index (χ0n) is 10.6. The van der Waals surface area contributed by atoms with Crippen LogP contribution in [-0.4, -0.2) is 50.6 Å². The summed E-state index contributed by atoms with van der Waals surface area (Å²) in [5.41, 5.74) is 0. The first-order chi connectivity index (χ1) is 7.70. The van der Waals surface area contributed by atoms with E-state index in [9.17, 15) is 4.79 Å². The van der Waals surface area contributed by atoms with Gasteiger partial charge in [0.2, 0.25) is 5.91 Å². The quantitative estimate of drug-likeness (QED) is 0.653. The fourth-order valence-corrected chi connectivity index (χ4v) is 1.96. The van der Waals surface area contributed by atoms with Crippen LogP contribution in [0, 0.1) is 0 Å². The van der Waals surface area contributed by atoms with Crippen molar-refractivity contribution in [3.63, 3.8) is 0 Å². The molecule has 0 aliphatic carbocycles. The third-order valence-electron chi connectivity index (χ3n) is 2.96. The summed E-state index contributed by atoms with van der Waals surface area (Å²) < 4.78 is 0. The highest BCUT2D eigenvalue weighted by Crippen LogP contribution is 2.06. The first-order valence-electron chi connectivity index (χ1n) is 6.36. The number of hydrogen-bond acceptors (Lipinski definition) is 3. The molecule has 1 rings (SSSR count). The van der Waals surface area contributed by atoms with Crippen molar-refractivity contribution < 1.29 is 4.79 Å². The van der Waals surface area contributed by atoms with E-state index in [1.54, 1.807) is 0 Å². The lowest BCUT2D eigenvalue weighted by Crippen LogP contribution is -2.46. The van der Waals surface area contributed by atoms with Gasteiger partial charge in [-0.15, -0.1) is 0 Å². The Morgan fingerprint density at radius 3 is 2.81 bits per heavy atom. The minimum absolute atomic E-state index is 0.0580. The molecule has 0 saturated carbocycles. The van der Waals surface area contributed by atoms with Crippen molar-refractivity contribution in [2.75, 3.05) is 33.7 Å². The molecule has 0 aromatic carbocycles. The van der Waals surface area contributed by atoms with Gasteiger partial charge < -0.3 is 15.5 Å². The van der Waals surface area contributed by atoms with Gasteiger partial charge >= 0.3 is 0 Å². The molecular formula is C12H25N3O. The van der Waals surface area contributed by atoms with Crippen LogP contribution in [0.2, 0.25) is 0 Å². The number of carbonyl (C=O) groups excluding carboxylic acids is 1. The summed E-state index contributed by atoms with van der Waals surface area (Å²) in [5.74, 6) is 0.185. The third kappa shape index (κ3) is 5.47. The number of nitrogens with one attached hydrogen (secondary N) is 2. The smallest absolute Gasteiger partial charge is 0.237 e. The SMILES string of the molecule is CN(C)CCCCNC(=O)C1CCCCN1. The van der Waals surface area contributed by atoms with Crippen LogP contribution < -0.4 is 10.6 Å². The highest BCUT2D eigenvalue weighted by Gasteiger charge is 2.19. The van der Waals surface area contributed by atoms with Crippen LogP contribution in [0.1, 0.15) is 32.1 Å². The molecule has 4 nitrogen and oxygen atoms in total. The number of unbranched alkanes of at least 4 members (excludes halogenated alkanes) is 1. The van der Waals surface area contributed by atoms with Gasteiger partial charge in [-0.2, -0.15) is 0 Å². The van der Waals surface area contributed by atoms with Crippen molar-refractivity contribution >= 4 is 5.91 Å². The Hall–Kier alpha value is -0.610.